The van der Waals surface area contributed by atoms with Crippen LogP contribution in [0.25, 0.3) is 6.08 Å². The van der Waals surface area contributed by atoms with Crippen LogP contribution in [0.5, 0.6) is 11.5 Å². The number of carbonyl (C=O) groups is 1. The molecule has 0 saturated heterocycles. The summed E-state index contributed by atoms with van der Waals surface area (Å²) in [5, 5.41) is 29.3. The molecule has 0 unspecified atom stereocenters. The van der Waals surface area contributed by atoms with Gasteiger partial charge in [-0.3, -0.25) is 0 Å². The van der Waals surface area contributed by atoms with Gasteiger partial charge < -0.3 is 29.5 Å². The molecule has 7 heteroatoms. The molecule has 0 atom stereocenters. The molecule has 0 spiro atoms. The number of phenolic OH excluding ortho intramolecular Hbond substituents is 2. The summed E-state index contributed by atoms with van der Waals surface area (Å²) in [6, 6.07) is 4.22. The Bertz CT molecular complexity index is 639. The molecule has 2 rings (SSSR count). The lowest BCUT2D eigenvalue weighted by Crippen LogP contribution is -2.45. The van der Waals surface area contributed by atoms with Gasteiger partial charge in [0, 0.05) is 39.6 Å². The van der Waals surface area contributed by atoms with Crippen molar-refractivity contribution >= 4 is 12.0 Å². The average Bonchev–Trinajstić information content (AvgIpc) is 2.64. The van der Waals surface area contributed by atoms with Crippen LogP contribution in [0.3, 0.4) is 0 Å². The van der Waals surface area contributed by atoms with Crippen LogP contribution < -0.4 is 0 Å². The van der Waals surface area contributed by atoms with E-state index >= 15 is 0 Å². The molecule has 0 radical (unpaired) electrons. The highest BCUT2D eigenvalue weighted by Gasteiger charge is 2.42. The Balaban J connectivity index is 1.77. The van der Waals surface area contributed by atoms with Gasteiger partial charge in [-0.15, -0.1) is 0 Å². The van der Waals surface area contributed by atoms with E-state index in [1.807, 2.05) is 0 Å². The summed E-state index contributed by atoms with van der Waals surface area (Å²) in [5.74, 6) is -1.67. The number of hydrogen-bond donors (Lipinski definition) is 3. The number of hydrogen-bond acceptors (Lipinski definition) is 7. The maximum atomic E-state index is 11.8. The Hall–Kier alpha value is -2.09. The van der Waals surface area contributed by atoms with E-state index in [1.165, 1.54) is 24.3 Å². The van der Waals surface area contributed by atoms with Gasteiger partial charge in [-0.05, 0) is 36.6 Å². The van der Waals surface area contributed by atoms with Gasteiger partial charge in [0.15, 0.2) is 17.3 Å². The van der Waals surface area contributed by atoms with Crippen LogP contribution in [-0.2, 0) is 19.0 Å². The van der Waals surface area contributed by atoms with E-state index in [-0.39, 0.29) is 18.1 Å². The third kappa shape index (κ3) is 5.20. The van der Waals surface area contributed by atoms with E-state index in [9.17, 15) is 20.1 Å². The van der Waals surface area contributed by atoms with Crippen molar-refractivity contribution in [1.29, 1.82) is 0 Å². The molecule has 1 aromatic rings. The standard InChI is InChI=1S/C19H26O7/c1-24-19(25-2)9-7-18(23,8-10-19)11-12-26-17(22)6-4-14-3-5-15(20)16(21)13-14/h3-6,13,20-21,23H,7-12H2,1-2H3. The third-order valence-electron chi connectivity index (χ3n) is 4.91. The first-order valence-electron chi connectivity index (χ1n) is 8.51. The van der Waals surface area contributed by atoms with Crippen molar-refractivity contribution in [3.05, 3.63) is 29.8 Å². The van der Waals surface area contributed by atoms with Crippen LogP contribution >= 0.6 is 0 Å². The van der Waals surface area contributed by atoms with Crippen molar-refractivity contribution in [2.45, 2.75) is 43.5 Å². The van der Waals surface area contributed by atoms with E-state index in [0.29, 0.717) is 37.7 Å². The quantitative estimate of drug-likeness (QED) is 0.294. The second kappa shape index (κ2) is 8.53. The van der Waals surface area contributed by atoms with E-state index in [2.05, 4.69) is 0 Å². The first-order chi connectivity index (χ1) is 12.3. The minimum atomic E-state index is -0.896. The van der Waals surface area contributed by atoms with Crippen molar-refractivity contribution in [3.63, 3.8) is 0 Å². The molecule has 0 amide bonds. The fourth-order valence-electron chi connectivity index (χ4n) is 3.04. The molecule has 3 N–H and O–H groups in total. The van der Waals surface area contributed by atoms with Gasteiger partial charge >= 0.3 is 5.97 Å². The average molecular weight is 366 g/mol. The van der Waals surface area contributed by atoms with E-state index in [4.69, 9.17) is 14.2 Å². The molecule has 7 nitrogen and oxygen atoms in total. The molecule has 0 aromatic heterocycles. The van der Waals surface area contributed by atoms with Crippen LogP contribution in [0.2, 0.25) is 0 Å². The molecule has 1 saturated carbocycles. The molecule has 0 heterocycles. The summed E-state index contributed by atoms with van der Waals surface area (Å²) in [6.45, 7) is 0.105. The van der Waals surface area contributed by atoms with Crippen LogP contribution in [-0.4, -0.2) is 53.5 Å². The van der Waals surface area contributed by atoms with Gasteiger partial charge in [0.2, 0.25) is 0 Å². The highest BCUT2D eigenvalue weighted by atomic mass is 16.7. The van der Waals surface area contributed by atoms with Crippen molar-refractivity contribution in [2.75, 3.05) is 20.8 Å². The number of benzene rings is 1. The van der Waals surface area contributed by atoms with Gasteiger partial charge in [0.05, 0.1) is 12.2 Å². The number of phenols is 2. The zero-order valence-electron chi connectivity index (χ0n) is 15.1. The maximum Gasteiger partial charge on any atom is 0.330 e. The summed E-state index contributed by atoms with van der Waals surface area (Å²) in [7, 11) is 3.19. The Morgan fingerprint density at radius 1 is 1.12 bits per heavy atom. The van der Waals surface area contributed by atoms with Crippen molar-refractivity contribution in [3.8, 4) is 11.5 Å². The van der Waals surface area contributed by atoms with Gasteiger partial charge in [-0.1, -0.05) is 6.07 Å². The Labute approximate surface area is 152 Å². The molecule has 144 valence electrons. The third-order valence-corrected chi connectivity index (χ3v) is 4.91. The predicted molar refractivity (Wildman–Crippen MR) is 94.5 cm³/mol. The minimum absolute atomic E-state index is 0.105. The molecule has 1 aliphatic rings. The highest BCUT2D eigenvalue weighted by molar-refractivity contribution is 5.87. The summed E-state index contributed by atoms with van der Waals surface area (Å²) >= 11 is 0. The fraction of sp³-hybridized carbons (Fsp3) is 0.526. The summed E-state index contributed by atoms with van der Waals surface area (Å²) in [5.41, 5.74) is -0.341. The monoisotopic (exact) mass is 366 g/mol. The maximum absolute atomic E-state index is 11.8. The van der Waals surface area contributed by atoms with Crippen LogP contribution in [0, 0.1) is 0 Å². The second-order valence-electron chi connectivity index (χ2n) is 6.54. The van der Waals surface area contributed by atoms with Crippen molar-refractivity contribution < 1.29 is 34.3 Å². The van der Waals surface area contributed by atoms with Gasteiger partial charge in [-0.25, -0.2) is 4.79 Å². The van der Waals surface area contributed by atoms with Gasteiger partial charge in [-0.2, -0.15) is 0 Å². The molecule has 0 aliphatic heterocycles. The number of aliphatic hydroxyl groups is 1. The molecule has 0 bridgehead atoms. The topological polar surface area (TPSA) is 105 Å². The zero-order chi connectivity index (χ0) is 19.2. The first-order valence-corrected chi connectivity index (χ1v) is 8.51. The SMILES string of the molecule is COC1(OC)CCC(O)(CCOC(=O)C=Cc2ccc(O)c(O)c2)CC1. The number of ether oxygens (including phenoxy) is 3. The predicted octanol–water partition coefficient (Wildman–Crippen LogP) is 2.34. The Morgan fingerprint density at radius 2 is 1.77 bits per heavy atom. The zero-order valence-corrected chi connectivity index (χ0v) is 15.1. The molecule has 1 aliphatic carbocycles. The highest BCUT2D eigenvalue weighted by Crippen LogP contribution is 2.39. The summed E-state index contributed by atoms with van der Waals surface area (Å²) < 4.78 is 15.9. The Kier molecular flexibility index (Phi) is 6.63. The number of aromatic hydroxyl groups is 2. The van der Waals surface area contributed by atoms with Crippen molar-refractivity contribution in [1.82, 2.24) is 0 Å². The van der Waals surface area contributed by atoms with E-state index in [1.54, 1.807) is 20.3 Å². The smallest absolute Gasteiger partial charge is 0.330 e. The van der Waals surface area contributed by atoms with E-state index in [0.717, 1.165) is 0 Å². The Morgan fingerprint density at radius 3 is 2.35 bits per heavy atom. The minimum Gasteiger partial charge on any atom is -0.504 e. The van der Waals surface area contributed by atoms with Gasteiger partial charge in [0.25, 0.3) is 0 Å². The van der Waals surface area contributed by atoms with Crippen LogP contribution in [0.15, 0.2) is 24.3 Å². The van der Waals surface area contributed by atoms with Crippen molar-refractivity contribution in [2.24, 2.45) is 0 Å². The number of rotatable bonds is 7. The number of carbonyl (C=O) groups excluding carboxylic acids is 1. The summed E-state index contributed by atoms with van der Waals surface area (Å²) in [4.78, 5) is 11.8. The second-order valence-corrected chi connectivity index (χ2v) is 6.54. The summed E-state index contributed by atoms with van der Waals surface area (Å²) in [6.07, 6.45) is 5.23. The molecule has 26 heavy (non-hydrogen) atoms. The molecular weight excluding hydrogens is 340 g/mol. The lowest BCUT2D eigenvalue weighted by atomic mass is 9.79. The number of methoxy groups -OCH3 is 2. The van der Waals surface area contributed by atoms with E-state index < -0.39 is 17.4 Å². The first kappa shape index (κ1) is 20.2. The lowest BCUT2D eigenvalue weighted by molar-refractivity contribution is -0.242. The molecule has 1 aromatic carbocycles. The van der Waals surface area contributed by atoms with Gasteiger partial charge in [0.1, 0.15) is 0 Å². The van der Waals surface area contributed by atoms with Crippen LogP contribution in [0.1, 0.15) is 37.7 Å². The largest absolute Gasteiger partial charge is 0.504 e. The molecular formula is C19H26O7. The fourth-order valence-corrected chi connectivity index (χ4v) is 3.04. The normalized spacial score (nSPS) is 18.7. The van der Waals surface area contributed by atoms with Crippen LogP contribution in [0.4, 0.5) is 0 Å². The lowest BCUT2D eigenvalue weighted by Gasteiger charge is -2.42. The molecule has 1 fully saturated rings. The number of esters is 1.